The van der Waals surface area contributed by atoms with Crippen LogP contribution in [0.3, 0.4) is 0 Å². The van der Waals surface area contributed by atoms with Crippen LogP contribution in [0.4, 0.5) is 13.2 Å². The standard InChI is InChI=1S/C25H20F3NO5S/c26-25(27,28)34-18-4-1-3-17(15-18)33-22-6-2-5-20-21(22)11-12-23(20)32-16-7-9-19(10-8-16)35(31)14-13-24(30)29-35/h1-10,13-15,23,35H,11-12H2,(H,29,30,31)/t23-/m1/s1. The van der Waals surface area contributed by atoms with Crippen molar-refractivity contribution in [3.63, 3.8) is 0 Å². The Morgan fingerprint density at radius 3 is 2.43 bits per heavy atom. The number of rotatable bonds is 6. The first-order chi connectivity index (χ1) is 16.7. The van der Waals surface area contributed by atoms with Gasteiger partial charge in [0.15, 0.2) is 0 Å². The number of halogens is 3. The zero-order valence-corrected chi connectivity index (χ0v) is 19.0. The van der Waals surface area contributed by atoms with Crippen molar-refractivity contribution < 1.29 is 36.7 Å². The molecule has 0 bridgehead atoms. The maximum atomic E-state index is 12.8. The predicted molar refractivity (Wildman–Crippen MR) is 125 cm³/mol. The van der Waals surface area contributed by atoms with Crippen molar-refractivity contribution in [1.82, 2.24) is 0 Å². The van der Waals surface area contributed by atoms with Crippen LogP contribution in [0.2, 0.25) is 0 Å². The average molecular weight is 503 g/mol. The molecule has 1 aliphatic carbocycles. The second-order valence-electron chi connectivity index (χ2n) is 7.98. The molecule has 35 heavy (non-hydrogen) atoms. The third kappa shape index (κ3) is 5.02. The van der Waals surface area contributed by atoms with Crippen LogP contribution in [-0.2, 0) is 16.5 Å². The molecule has 3 aromatic rings. The van der Waals surface area contributed by atoms with Crippen molar-refractivity contribution in [2.75, 3.05) is 0 Å². The number of thiol groups is 1. The molecule has 1 aliphatic heterocycles. The number of aliphatic hydroxyl groups excluding tert-OH is 1. The van der Waals surface area contributed by atoms with Gasteiger partial charge in [-0.15, -0.1) is 13.2 Å². The van der Waals surface area contributed by atoms with E-state index in [0.717, 1.165) is 11.1 Å². The second-order valence-corrected chi connectivity index (χ2v) is 10.2. The Morgan fingerprint density at radius 1 is 0.971 bits per heavy atom. The molecule has 1 N–H and O–H groups in total. The first kappa shape index (κ1) is 23.0. The Bertz CT molecular complexity index is 1370. The van der Waals surface area contributed by atoms with Gasteiger partial charge < -0.3 is 19.3 Å². The van der Waals surface area contributed by atoms with Crippen LogP contribution in [-0.4, -0.2) is 21.6 Å². The van der Waals surface area contributed by atoms with Gasteiger partial charge >= 0.3 is 6.36 Å². The van der Waals surface area contributed by atoms with Gasteiger partial charge in [-0.2, -0.15) is 4.40 Å². The Hall–Kier alpha value is -3.79. The van der Waals surface area contributed by atoms with Gasteiger partial charge in [-0.3, -0.25) is 4.21 Å². The highest BCUT2D eigenvalue weighted by Gasteiger charge is 2.31. The molecule has 10 heteroatoms. The molecule has 0 saturated carbocycles. The molecule has 5 rings (SSSR count). The summed E-state index contributed by atoms with van der Waals surface area (Å²) in [4.78, 5) is 0.490. The molecule has 0 amide bonds. The van der Waals surface area contributed by atoms with E-state index in [1.807, 2.05) is 6.07 Å². The van der Waals surface area contributed by atoms with Crippen LogP contribution in [0.25, 0.3) is 0 Å². The first-order valence-electron chi connectivity index (χ1n) is 10.7. The Kier molecular flexibility index (Phi) is 5.76. The van der Waals surface area contributed by atoms with Crippen LogP contribution in [0, 0.1) is 0 Å². The van der Waals surface area contributed by atoms with E-state index in [0.29, 0.717) is 29.2 Å². The summed E-state index contributed by atoms with van der Waals surface area (Å²) < 4.78 is 70.2. The third-order valence-electron chi connectivity index (χ3n) is 5.60. The normalized spacial score (nSPS) is 19.1. The molecular formula is C25H20F3NO5S. The topological polar surface area (TPSA) is 77.4 Å². The van der Waals surface area contributed by atoms with Crippen molar-refractivity contribution in [2.24, 2.45) is 4.40 Å². The molecule has 2 aliphatic rings. The van der Waals surface area contributed by atoms with Crippen LogP contribution in [0.1, 0.15) is 23.7 Å². The van der Waals surface area contributed by atoms with Crippen LogP contribution in [0.5, 0.6) is 23.0 Å². The van der Waals surface area contributed by atoms with Gasteiger partial charge in [0.2, 0.25) is 5.90 Å². The van der Waals surface area contributed by atoms with E-state index in [1.54, 1.807) is 42.5 Å². The maximum Gasteiger partial charge on any atom is 0.573 e. The first-order valence-corrected chi connectivity index (χ1v) is 12.4. The molecule has 1 heterocycles. The van der Waals surface area contributed by atoms with Crippen molar-refractivity contribution in [3.8, 4) is 23.0 Å². The molecule has 182 valence electrons. The minimum absolute atomic E-state index is 0.227. The van der Waals surface area contributed by atoms with Crippen molar-refractivity contribution >= 4 is 16.0 Å². The van der Waals surface area contributed by atoms with E-state index in [1.165, 1.54) is 29.7 Å². The summed E-state index contributed by atoms with van der Waals surface area (Å²) in [6.07, 6.45) is -2.35. The summed E-state index contributed by atoms with van der Waals surface area (Å²) >= 11 is 0. The molecule has 0 spiro atoms. The summed E-state index contributed by atoms with van der Waals surface area (Å²) in [7, 11) is -3.13. The van der Waals surface area contributed by atoms with Gasteiger partial charge in [-0.05, 0) is 60.9 Å². The minimum atomic E-state index is -4.78. The van der Waals surface area contributed by atoms with Crippen molar-refractivity contribution in [3.05, 3.63) is 89.3 Å². The van der Waals surface area contributed by atoms with Crippen LogP contribution >= 0.6 is 0 Å². The average Bonchev–Trinajstić information content (AvgIpc) is 3.37. The molecule has 0 aromatic heterocycles. The van der Waals surface area contributed by atoms with E-state index in [9.17, 15) is 22.5 Å². The number of alkyl halides is 3. The van der Waals surface area contributed by atoms with E-state index >= 15 is 0 Å². The van der Waals surface area contributed by atoms with Crippen LogP contribution < -0.4 is 14.2 Å². The summed E-state index contributed by atoms with van der Waals surface area (Å²) in [5.74, 6) is 0.733. The highest BCUT2D eigenvalue weighted by atomic mass is 32.3. The summed E-state index contributed by atoms with van der Waals surface area (Å²) in [5.41, 5.74) is 1.84. The van der Waals surface area contributed by atoms with E-state index < -0.39 is 16.5 Å². The summed E-state index contributed by atoms with van der Waals surface area (Å²) in [5, 5.41) is 10.8. The van der Waals surface area contributed by atoms with E-state index in [4.69, 9.17) is 9.47 Å². The maximum absolute atomic E-state index is 12.8. The lowest BCUT2D eigenvalue weighted by Gasteiger charge is -2.17. The highest BCUT2D eigenvalue weighted by Crippen LogP contribution is 2.41. The lowest BCUT2D eigenvalue weighted by atomic mass is 10.1. The predicted octanol–water partition coefficient (Wildman–Crippen LogP) is 6.22. The Balaban J connectivity index is 1.31. The van der Waals surface area contributed by atoms with Gasteiger partial charge in [-0.25, -0.2) is 0 Å². The van der Waals surface area contributed by atoms with E-state index in [-0.39, 0.29) is 23.5 Å². The molecule has 0 fully saturated rings. The summed E-state index contributed by atoms with van der Waals surface area (Å²) in [6.45, 7) is 0. The number of aliphatic hydroxyl groups is 1. The van der Waals surface area contributed by atoms with E-state index in [2.05, 4.69) is 9.13 Å². The smallest absolute Gasteiger partial charge is 0.493 e. The number of ether oxygens (including phenoxy) is 3. The van der Waals surface area contributed by atoms with Gasteiger partial charge in [0.05, 0.1) is 0 Å². The molecule has 0 radical (unpaired) electrons. The van der Waals surface area contributed by atoms with Crippen molar-refractivity contribution in [2.45, 2.75) is 30.2 Å². The van der Waals surface area contributed by atoms with Crippen molar-refractivity contribution in [1.29, 1.82) is 0 Å². The fraction of sp³-hybridized carbons (Fsp3) is 0.160. The lowest BCUT2D eigenvalue weighted by molar-refractivity contribution is -0.274. The number of benzene rings is 3. The number of hydrogen-bond donors (Lipinski definition) is 2. The summed E-state index contributed by atoms with van der Waals surface area (Å²) in [6, 6.07) is 17.6. The van der Waals surface area contributed by atoms with Crippen LogP contribution in [0.15, 0.2) is 87.5 Å². The van der Waals surface area contributed by atoms with Gasteiger partial charge in [0, 0.05) is 38.1 Å². The molecule has 3 aromatic carbocycles. The Labute approximate surface area is 199 Å². The molecular weight excluding hydrogens is 483 g/mol. The van der Waals surface area contributed by atoms with Gasteiger partial charge in [0.25, 0.3) is 0 Å². The zero-order chi connectivity index (χ0) is 24.6. The fourth-order valence-electron chi connectivity index (χ4n) is 4.10. The zero-order valence-electron chi connectivity index (χ0n) is 18.1. The lowest BCUT2D eigenvalue weighted by Crippen LogP contribution is -2.17. The Morgan fingerprint density at radius 2 is 1.71 bits per heavy atom. The molecule has 0 unspecified atom stereocenters. The largest absolute Gasteiger partial charge is 0.573 e. The fourth-order valence-corrected chi connectivity index (χ4v) is 5.73. The number of nitrogens with zero attached hydrogens (tertiary/aromatic N) is 1. The molecule has 0 saturated heterocycles. The SMILES string of the molecule is O=[SH]1(c2ccc(O[C@@H]3CCc4c(Oc5cccc(OC(F)(F)F)c5)cccc43)cc2)C=CC(O)=N1. The number of fused-ring (bicyclic) bond motifs is 1. The van der Waals surface area contributed by atoms with Gasteiger partial charge in [0.1, 0.15) is 29.1 Å². The monoisotopic (exact) mass is 503 g/mol. The quantitative estimate of drug-likeness (QED) is 0.391. The highest BCUT2D eigenvalue weighted by molar-refractivity contribution is 8.05. The number of hydrogen-bond acceptors (Lipinski definition) is 4. The molecule has 1 atom stereocenters. The third-order valence-corrected chi connectivity index (χ3v) is 7.69. The minimum Gasteiger partial charge on any atom is -0.493 e. The molecule has 6 nitrogen and oxygen atoms in total. The van der Waals surface area contributed by atoms with Gasteiger partial charge in [-0.1, -0.05) is 18.2 Å². The second kappa shape index (κ2) is 8.77.